The summed E-state index contributed by atoms with van der Waals surface area (Å²) in [5.41, 5.74) is 0.874. The van der Waals surface area contributed by atoms with E-state index < -0.39 is 0 Å². The molecule has 0 bridgehead atoms. The number of aliphatic hydroxyl groups is 1. The van der Waals surface area contributed by atoms with Crippen LogP contribution in [0, 0.1) is 0 Å². The average molecular weight is 156 g/mol. The second-order valence-corrected chi connectivity index (χ2v) is 2.34. The average Bonchev–Trinajstić information content (AvgIpc) is 2.31. The number of hydrogen-bond donors (Lipinski definition) is 1. The molecule has 0 aliphatic carbocycles. The van der Waals surface area contributed by atoms with Gasteiger partial charge in [-0.2, -0.15) is 0 Å². The SMILES string of the molecule is OCCCC1=NC(=S)N=C1. The first kappa shape index (κ1) is 7.50. The first-order valence-electron chi connectivity index (χ1n) is 3.09. The molecule has 54 valence electrons. The molecular weight excluding hydrogens is 148 g/mol. The monoisotopic (exact) mass is 156 g/mol. The van der Waals surface area contributed by atoms with Crippen molar-refractivity contribution in [1.82, 2.24) is 0 Å². The van der Waals surface area contributed by atoms with Crippen LogP contribution in [0.3, 0.4) is 0 Å². The molecule has 0 aromatic heterocycles. The van der Waals surface area contributed by atoms with Crippen molar-refractivity contribution in [3.8, 4) is 0 Å². The Labute approximate surface area is 64.5 Å². The highest BCUT2D eigenvalue weighted by molar-refractivity contribution is 7.80. The highest BCUT2D eigenvalue weighted by atomic mass is 32.1. The molecule has 0 radical (unpaired) electrons. The lowest BCUT2D eigenvalue weighted by molar-refractivity contribution is 0.291. The lowest BCUT2D eigenvalue weighted by atomic mass is 10.2. The Kier molecular flexibility index (Phi) is 2.65. The van der Waals surface area contributed by atoms with E-state index in [4.69, 9.17) is 17.3 Å². The topological polar surface area (TPSA) is 45.0 Å². The second kappa shape index (κ2) is 3.53. The first-order valence-corrected chi connectivity index (χ1v) is 3.50. The third-order valence-electron chi connectivity index (χ3n) is 1.15. The van der Waals surface area contributed by atoms with Gasteiger partial charge in [-0.25, -0.2) is 9.98 Å². The number of aliphatic imine (C=N–C) groups is 2. The van der Waals surface area contributed by atoms with E-state index in [0.717, 1.165) is 18.6 Å². The highest BCUT2D eigenvalue weighted by Gasteiger charge is 2.03. The summed E-state index contributed by atoms with van der Waals surface area (Å²) in [6.45, 7) is 0.194. The van der Waals surface area contributed by atoms with Crippen LogP contribution in [0.2, 0.25) is 0 Å². The molecule has 0 aromatic carbocycles. The number of nitrogens with zero attached hydrogens (tertiary/aromatic N) is 2. The molecule has 0 fully saturated rings. The van der Waals surface area contributed by atoms with E-state index in [1.54, 1.807) is 6.21 Å². The van der Waals surface area contributed by atoms with E-state index in [9.17, 15) is 0 Å². The normalized spacial score (nSPS) is 16.1. The largest absolute Gasteiger partial charge is 0.396 e. The summed E-state index contributed by atoms with van der Waals surface area (Å²) < 4.78 is 0. The van der Waals surface area contributed by atoms with Crippen molar-refractivity contribution in [1.29, 1.82) is 0 Å². The van der Waals surface area contributed by atoms with E-state index in [1.807, 2.05) is 0 Å². The third kappa shape index (κ3) is 1.97. The summed E-state index contributed by atoms with van der Waals surface area (Å²) in [6, 6.07) is 0. The van der Waals surface area contributed by atoms with Crippen LogP contribution >= 0.6 is 12.2 Å². The van der Waals surface area contributed by atoms with E-state index in [0.29, 0.717) is 5.11 Å². The fourth-order valence-electron chi connectivity index (χ4n) is 0.691. The van der Waals surface area contributed by atoms with Gasteiger partial charge in [0.2, 0.25) is 5.11 Å². The van der Waals surface area contributed by atoms with Crippen LogP contribution in [-0.2, 0) is 0 Å². The zero-order chi connectivity index (χ0) is 7.40. The number of aliphatic hydroxyl groups excluding tert-OH is 1. The zero-order valence-corrected chi connectivity index (χ0v) is 6.27. The van der Waals surface area contributed by atoms with E-state index in [-0.39, 0.29) is 6.61 Å². The van der Waals surface area contributed by atoms with Crippen molar-refractivity contribution in [3.63, 3.8) is 0 Å². The van der Waals surface area contributed by atoms with Crippen LogP contribution in [0.1, 0.15) is 12.8 Å². The minimum Gasteiger partial charge on any atom is -0.396 e. The predicted octanol–water partition coefficient (Wildman–Crippen LogP) is 0.569. The Morgan fingerprint density at radius 2 is 2.40 bits per heavy atom. The Hall–Kier alpha value is -0.610. The summed E-state index contributed by atoms with van der Waals surface area (Å²) in [5.74, 6) is 0. The summed E-state index contributed by atoms with van der Waals surface area (Å²) in [5, 5.41) is 8.86. The first-order chi connectivity index (χ1) is 4.83. The number of thiocarbonyl (C=S) groups is 1. The smallest absolute Gasteiger partial charge is 0.219 e. The van der Waals surface area contributed by atoms with Gasteiger partial charge < -0.3 is 5.11 Å². The van der Waals surface area contributed by atoms with Crippen molar-refractivity contribution >= 4 is 29.3 Å². The van der Waals surface area contributed by atoms with Crippen molar-refractivity contribution in [2.24, 2.45) is 9.98 Å². The van der Waals surface area contributed by atoms with Crippen molar-refractivity contribution in [2.45, 2.75) is 12.8 Å². The van der Waals surface area contributed by atoms with Gasteiger partial charge >= 0.3 is 0 Å². The van der Waals surface area contributed by atoms with Crippen LogP contribution in [0.25, 0.3) is 0 Å². The predicted molar refractivity (Wildman–Crippen MR) is 44.8 cm³/mol. The maximum atomic E-state index is 8.46. The van der Waals surface area contributed by atoms with Gasteiger partial charge in [0, 0.05) is 6.61 Å². The fourth-order valence-corrected chi connectivity index (χ4v) is 0.861. The Balaban J connectivity index is 2.37. The lowest BCUT2D eigenvalue weighted by Gasteiger charge is -1.90. The Morgan fingerprint density at radius 3 is 2.90 bits per heavy atom. The summed E-state index contributed by atoms with van der Waals surface area (Å²) in [4.78, 5) is 7.73. The van der Waals surface area contributed by atoms with Crippen LogP contribution in [0.15, 0.2) is 9.98 Å². The third-order valence-corrected chi connectivity index (χ3v) is 1.35. The second-order valence-electron chi connectivity index (χ2n) is 1.97. The van der Waals surface area contributed by atoms with Crippen LogP contribution in [-0.4, -0.2) is 28.8 Å². The number of rotatable bonds is 3. The zero-order valence-electron chi connectivity index (χ0n) is 5.45. The number of hydrogen-bond acceptors (Lipinski definition) is 2. The molecule has 0 amide bonds. The summed E-state index contributed by atoms with van der Waals surface area (Å²) >= 11 is 4.70. The molecule has 1 heterocycles. The molecule has 1 N–H and O–H groups in total. The van der Waals surface area contributed by atoms with Gasteiger partial charge in [-0.05, 0) is 25.1 Å². The standard InChI is InChI=1S/C6H8N2OS/c9-3-1-2-5-4-7-6(10)8-5/h4,9H,1-3H2. The Morgan fingerprint density at radius 1 is 1.60 bits per heavy atom. The molecule has 0 atom stereocenters. The highest BCUT2D eigenvalue weighted by Crippen LogP contribution is 1.98. The van der Waals surface area contributed by atoms with Gasteiger partial charge in [-0.3, -0.25) is 0 Å². The van der Waals surface area contributed by atoms with Gasteiger partial charge in [-0.1, -0.05) is 0 Å². The van der Waals surface area contributed by atoms with Crippen molar-refractivity contribution < 1.29 is 5.11 Å². The van der Waals surface area contributed by atoms with Gasteiger partial charge in [0.1, 0.15) is 0 Å². The quantitative estimate of drug-likeness (QED) is 0.607. The van der Waals surface area contributed by atoms with Gasteiger partial charge in [0.25, 0.3) is 0 Å². The summed E-state index contributed by atoms with van der Waals surface area (Å²) in [7, 11) is 0. The molecule has 4 heteroatoms. The van der Waals surface area contributed by atoms with Crippen LogP contribution < -0.4 is 0 Å². The maximum absolute atomic E-state index is 8.46. The van der Waals surface area contributed by atoms with Crippen molar-refractivity contribution in [2.75, 3.05) is 6.61 Å². The van der Waals surface area contributed by atoms with Crippen molar-refractivity contribution in [3.05, 3.63) is 0 Å². The van der Waals surface area contributed by atoms with E-state index in [2.05, 4.69) is 9.98 Å². The maximum Gasteiger partial charge on any atom is 0.219 e. The van der Waals surface area contributed by atoms with E-state index in [1.165, 1.54) is 0 Å². The fraction of sp³-hybridized carbons (Fsp3) is 0.500. The lowest BCUT2D eigenvalue weighted by Crippen LogP contribution is -1.97. The van der Waals surface area contributed by atoms with Gasteiger partial charge in [-0.15, -0.1) is 0 Å². The molecule has 1 aliphatic heterocycles. The minimum absolute atomic E-state index is 0.194. The molecule has 0 saturated carbocycles. The molecule has 10 heavy (non-hydrogen) atoms. The minimum atomic E-state index is 0.194. The molecule has 0 unspecified atom stereocenters. The van der Waals surface area contributed by atoms with Gasteiger partial charge in [0.15, 0.2) is 0 Å². The van der Waals surface area contributed by atoms with Crippen LogP contribution in [0.5, 0.6) is 0 Å². The molecule has 1 rings (SSSR count). The summed E-state index contributed by atoms with van der Waals surface area (Å²) in [6.07, 6.45) is 3.14. The molecule has 3 nitrogen and oxygen atoms in total. The molecule has 0 saturated heterocycles. The van der Waals surface area contributed by atoms with E-state index >= 15 is 0 Å². The van der Waals surface area contributed by atoms with Gasteiger partial charge in [0.05, 0.1) is 11.9 Å². The molecule has 0 aromatic rings. The molecule has 0 spiro atoms. The molecular formula is C6H8N2OS. The Bertz CT molecular complexity index is 198. The van der Waals surface area contributed by atoms with Crippen LogP contribution in [0.4, 0.5) is 0 Å². The molecule has 1 aliphatic rings.